The molecule has 204 valence electrons. The molecule has 4 rings (SSSR count). The highest BCUT2D eigenvalue weighted by atomic mass is 19.4. The number of amides is 2. The predicted octanol–water partition coefficient (Wildman–Crippen LogP) is 6.72. The molecule has 1 aromatic heterocycles. The molecule has 0 saturated heterocycles. The summed E-state index contributed by atoms with van der Waals surface area (Å²) >= 11 is 0. The summed E-state index contributed by atoms with van der Waals surface area (Å²) in [6.07, 6.45) is 4.36. The lowest BCUT2D eigenvalue weighted by molar-refractivity contribution is -0.141. The summed E-state index contributed by atoms with van der Waals surface area (Å²) in [7, 11) is 0. The number of para-hydroxylation sites is 1. The number of unbranched alkanes of at least 4 members (excludes halogenated alkanes) is 3. The normalized spacial score (nSPS) is 13.6. The van der Waals surface area contributed by atoms with Crippen molar-refractivity contribution in [2.45, 2.75) is 77.1 Å². The van der Waals surface area contributed by atoms with Gasteiger partial charge in [0, 0.05) is 42.7 Å². The fraction of sp³-hybridized carbons (Fsp3) is 0.467. The van der Waals surface area contributed by atoms with E-state index in [1.165, 1.54) is 12.1 Å². The number of hydrogen-bond acceptors (Lipinski definition) is 2. The van der Waals surface area contributed by atoms with E-state index in [0.29, 0.717) is 24.9 Å². The van der Waals surface area contributed by atoms with Crippen LogP contribution in [-0.2, 0) is 28.7 Å². The summed E-state index contributed by atoms with van der Waals surface area (Å²) in [5, 5.41) is 1.08. The van der Waals surface area contributed by atoms with Gasteiger partial charge >= 0.3 is 6.18 Å². The summed E-state index contributed by atoms with van der Waals surface area (Å²) in [5.74, 6) is -0.165. The Morgan fingerprint density at radius 1 is 0.974 bits per heavy atom. The molecule has 0 aliphatic heterocycles. The SMILES string of the molecule is CCCCCCC(=O)N(CC(=O)N(CCc1c[nH]c2ccccc12)Cc1ccc(C(F)(F)F)cc1)C1CC1. The molecule has 0 bridgehead atoms. The summed E-state index contributed by atoms with van der Waals surface area (Å²) in [5.41, 5.74) is 1.98. The standard InChI is InChI=1S/C30H36F3N3O2/c1-2-3-4-5-10-28(37)36(25-15-16-25)21-29(38)35(20-22-11-13-24(14-12-22)30(31,32)33)18-17-23-19-34-27-9-7-6-8-26(23)27/h6-9,11-14,19,25,34H,2-5,10,15-18,20-21H2,1H3. The first kappa shape index (κ1) is 27.7. The third kappa shape index (κ3) is 7.39. The van der Waals surface area contributed by atoms with E-state index in [-0.39, 0.29) is 30.9 Å². The molecule has 1 saturated carbocycles. The smallest absolute Gasteiger partial charge is 0.361 e. The van der Waals surface area contributed by atoms with E-state index in [0.717, 1.165) is 67.1 Å². The first-order chi connectivity index (χ1) is 18.3. The Morgan fingerprint density at radius 3 is 2.39 bits per heavy atom. The zero-order chi connectivity index (χ0) is 27.1. The van der Waals surface area contributed by atoms with Crippen molar-refractivity contribution in [3.63, 3.8) is 0 Å². The molecule has 1 N–H and O–H groups in total. The zero-order valence-electron chi connectivity index (χ0n) is 21.9. The molecular formula is C30H36F3N3O2. The molecule has 0 unspecified atom stereocenters. The van der Waals surface area contributed by atoms with Crippen molar-refractivity contribution in [1.29, 1.82) is 0 Å². The Hall–Kier alpha value is -3.29. The highest BCUT2D eigenvalue weighted by Gasteiger charge is 2.34. The first-order valence-electron chi connectivity index (χ1n) is 13.5. The number of alkyl halides is 3. The third-order valence-electron chi connectivity index (χ3n) is 7.19. The topological polar surface area (TPSA) is 56.4 Å². The maximum atomic E-state index is 13.6. The number of aromatic nitrogens is 1. The minimum Gasteiger partial charge on any atom is -0.361 e. The van der Waals surface area contributed by atoms with Gasteiger partial charge in [0.25, 0.3) is 0 Å². The summed E-state index contributed by atoms with van der Waals surface area (Å²) in [4.78, 5) is 33.2. The number of rotatable bonds is 13. The van der Waals surface area contributed by atoms with Gasteiger partial charge in [0.15, 0.2) is 0 Å². The van der Waals surface area contributed by atoms with Gasteiger partial charge in [-0.3, -0.25) is 9.59 Å². The second kappa shape index (κ2) is 12.5. The maximum absolute atomic E-state index is 13.6. The van der Waals surface area contributed by atoms with Gasteiger partial charge in [0.05, 0.1) is 5.56 Å². The zero-order valence-corrected chi connectivity index (χ0v) is 21.9. The Bertz CT molecular complexity index is 1220. The molecule has 1 fully saturated rings. The van der Waals surface area contributed by atoms with Crippen molar-refractivity contribution in [3.05, 3.63) is 71.4 Å². The van der Waals surface area contributed by atoms with Crippen molar-refractivity contribution in [1.82, 2.24) is 14.8 Å². The molecule has 0 spiro atoms. The number of nitrogens with zero attached hydrogens (tertiary/aromatic N) is 2. The second-order valence-corrected chi connectivity index (χ2v) is 10.2. The van der Waals surface area contributed by atoms with Crippen molar-refractivity contribution >= 4 is 22.7 Å². The average Bonchev–Trinajstić information content (AvgIpc) is 3.66. The molecular weight excluding hydrogens is 491 g/mol. The van der Waals surface area contributed by atoms with Gasteiger partial charge in [-0.2, -0.15) is 13.2 Å². The Kier molecular flexibility index (Phi) is 9.13. The highest BCUT2D eigenvalue weighted by molar-refractivity contribution is 5.86. The second-order valence-electron chi connectivity index (χ2n) is 10.2. The van der Waals surface area contributed by atoms with E-state index in [4.69, 9.17) is 0 Å². The number of hydrogen-bond donors (Lipinski definition) is 1. The Labute approximate surface area is 222 Å². The fourth-order valence-corrected chi connectivity index (χ4v) is 4.80. The molecule has 0 radical (unpaired) electrons. The molecule has 1 aliphatic carbocycles. The van der Waals surface area contributed by atoms with Crippen LogP contribution >= 0.6 is 0 Å². The lowest BCUT2D eigenvalue weighted by atomic mass is 10.1. The molecule has 3 aromatic rings. The van der Waals surface area contributed by atoms with Crippen LogP contribution in [0.2, 0.25) is 0 Å². The number of carbonyl (C=O) groups excluding carboxylic acids is 2. The van der Waals surface area contributed by atoms with E-state index in [1.807, 2.05) is 30.5 Å². The van der Waals surface area contributed by atoms with Gasteiger partial charge in [0.1, 0.15) is 6.54 Å². The third-order valence-corrected chi connectivity index (χ3v) is 7.19. The molecule has 1 aliphatic rings. The fourth-order valence-electron chi connectivity index (χ4n) is 4.80. The van der Waals surface area contributed by atoms with Gasteiger partial charge in [-0.25, -0.2) is 0 Å². The molecule has 0 atom stereocenters. The van der Waals surface area contributed by atoms with Gasteiger partial charge < -0.3 is 14.8 Å². The predicted molar refractivity (Wildman–Crippen MR) is 142 cm³/mol. The molecule has 38 heavy (non-hydrogen) atoms. The van der Waals surface area contributed by atoms with Crippen LogP contribution in [0.25, 0.3) is 10.9 Å². The molecule has 8 heteroatoms. The highest BCUT2D eigenvalue weighted by Crippen LogP contribution is 2.30. The average molecular weight is 528 g/mol. The number of halogens is 3. The van der Waals surface area contributed by atoms with Crippen LogP contribution in [0.4, 0.5) is 13.2 Å². The van der Waals surface area contributed by atoms with Crippen molar-refractivity contribution in [2.75, 3.05) is 13.1 Å². The molecule has 1 heterocycles. The number of nitrogens with one attached hydrogen (secondary N) is 1. The van der Waals surface area contributed by atoms with E-state index in [1.54, 1.807) is 9.80 Å². The monoisotopic (exact) mass is 527 g/mol. The van der Waals surface area contributed by atoms with E-state index < -0.39 is 11.7 Å². The number of fused-ring (bicyclic) bond motifs is 1. The van der Waals surface area contributed by atoms with Crippen LogP contribution in [0, 0.1) is 0 Å². The summed E-state index contributed by atoms with van der Waals surface area (Å²) in [6, 6.07) is 13.0. The number of aromatic amines is 1. The number of carbonyl (C=O) groups is 2. The van der Waals surface area contributed by atoms with Gasteiger partial charge in [-0.15, -0.1) is 0 Å². The van der Waals surface area contributed by atoms with Crippen molar-refractivity contribution < 1.29 is 22.8 Å². The van der Waals surface area contributed by atoms with Crippen LogP contribution in [0.3, 0.4) is 0 Å². The van der Waals surface area contributed by atoms with Crippen LogP contribution in [0.15, 0.2) is 54.7 Å². The van der Waals surface area contributed by atoms with Crippen molar-refractivity contribution in [3.8, 4) is 0 Å². The Morgan fingerprint density at radius 2 is 1.71 bits per heavy atom. The van der Waals surface area contributed by atoms with Crippen LogP contribution < -0.4 is 0 Å². The first-order valence-corrected chi connectivity index (χ1v) is 13.5. The largest absolute Gasteiger partial charge is 0.416 e. The van der Waals surface area contributed by atoms with Crippen molar-refractivity contribution in [2.24, 2.45) is 0 Å². The van der Waals surface area contributed by atoms with E-state index in [2.05, 4.69) is 11.9 Å². The van der Waals surface area contributed by atoms with Crippen LogP contribution in [-0.4, -0.2) is 45.7 Å². The Balaban J connectivity index is 1.48. The number of benzene rings is 2. The molecule has 5 nitrogen and oxygen atoms in total. The van der Waals surface area contributed by atoms with Gasteiger partial charge in [-0.1, -0.05) is 56.5 Å². The number of H-pyrrole nitrogens is 1. The quantitative estimate of drug-likeness (QED) is 0.251. The van der Waals surface area contributed by atoms with E-state index in [9.17, 15) is 22.8 Å². The summed E-state index contributed by atoms with van der Waals surface area (Å²) in [6.45, 7) is 2.71. The van der Waals surface area contributed by atoms with Gasteiger partial charge in [-0.05, 0) is 55.0 Å². The van der Waals surface area contributed by atoms with E-state index >= 15 is 0 Å². The minimum atomic E-state index is -4.41. The molecule has 2 amide bonds. The van der Waals surface area contributed by atoms with Crippen LogP contribution in [0.5, 0.6) is 0 Å². The van der Waals surface area contributed by atoms with Crippen LogP contribution in [0.1, 0.15) is 68.6 Å². The maximum Gasteiger partial charge on any atom is 0.416 e. The molecule has 2 aromatic carbocycles. The lowest BCUT2D eigenvalue weighted by Crippen LogP contribution is -2.44. The lowest BCUT2D eigenvalue weighted by Gasteiger charge is -2.28. The van der Waals surface area contributed by atoms with Gasteiger partial charge in [0.2, 0.25) is 11.8 Å². The minimum absolute atomic E-state index is 0.00575. The summed E-state index contributed by atoms with van der Waals surface area (Å²) < 4.78 is 39.1.